The van der Waals surface area contributed by atoms with Gasteiger partial charge in [0.1, 0.15) is 5.41 Å². The zero-order valence-electron chi connectivity index (χ0n) is 17.4. The summed E-state index contributed by atoms with van der Waals surface area (Å²) in [5.41, 5.74) is 2.67. The fourth-order valence-corrected chi connectivity index (χ4v) is 5.57. The van der Waals surface area contributed by atoms with Gasteiger partial charge in [-0.2, -0.15) is 0 Å². The first-order chi connectivity index (χ1) is 14.8. The SMILES string of the molecule is C[C@@H]1CN2c3cc(-c4ccc(Cl)cc4)ccc3C[C@@]3(C(=O)CC(=O)NC3=O)[C@H]2[C@H](C)O1. The molecule has 3 aliphatic rings. The van der Waals surface area contributed by atoms with Gasteiger partial charge in [0.2, 0.25) is 11.8 Å². The Kier molecular flexibility index (Phi) is 4.68. The third-order valence-corrected chi connectivity index (χ3v) is 6.96. The van der Waals surface area contributed by atoms with E-state index in [0.29, 0.717) is 11.6 Å². The number of imide groups is 1. The maximum Gasteiger partial charge on any atom is 0.242 e. The van der Waals surface area contributed by atoms with Crippen LogP contribution >= 0.6 is 11.6 Å². The molecule has 5 rings (SSSR count). The highest BCUT2D eigenvalue weighted by Gasteiger charge is 2.62. The van der Waals surface area contributed by atoms with Crippen LogP contribution in [0.2, 0.25) is 5.02 Å². The van der Waals surface area contributed by atoms with Crippen LogP contribution in [0, 0.1) is 5.41 Å². The number of morpholine rings is 1. The van der Waals surface area contributed by atoms with Crippen molar-refractivity contribution in [3.63, 3.8) is 0 Å². The second-order valence-corrected chi connectivity index (χ2v) is 9.16. The maximum atomic E-state index is 13.2. The number of ether oxygens (including phenoxy) is 1. The number of nitrogens with zero attached hydrogens (tertiary/aromatic N) is 1. The molecule has 1 N–H and O–H groups in total. The van der Waals surface area contributed by atoms with E-state index in [1.165, 1.54) is 0 Å². The highest BCUT2D eigenvalue weighted by molar-refractivity contribution is 6.30. The van der Waals surface area contributed by atoms with Crippen molar-refractivity contribution in [2.24, 2.45) is 5.41 Å². The summed E-state index contributed by atoms with van der Waals surface area (Å²) in [6, 6.07) is 13.3. The number of carbonyl (C=O) groups excluding carboxylic acids is 3. The molecule has 2 aromatic carbocycles. The van der Waals surface area contributed by atoms with Gasteiger partial charge in [-0.25, -0.2) is 0 Å². The van der Waals surface area contributed by atoms with Gasteiger partial charge in [0.15, 0.2) is 5.78 Å². The van der Waals surface area contributed by atoms with E-state index in [1.54, 1.807) is 0 Å². The number of carbonyl (C=O) groups is 3. The van der Waals surface area contributed by atoms with Crippen LogP contribution in [0.4, 0.5) is 5.69 Å². The number of benzene rings is 2. The van der Waals surface area contributed by atoms with Gasteiger partial charge in [-0.3, -0.25) is 19.7 Å². The van der Waals surface area contributed by atoms with Gasteiger partial charge in [-0.1, -0.05) is 35.9 Å². The topological polar surface area (TPSA) is 75.7 Å². The first-order valence-electron chi connectivity index (χ1n) is 10.5. The van der Waals surface area contributed by atoms with Crippen LogP contribution in [0.25, 0.3) is 11.1 Å². The first kappa shape index (κ1) is 20.2. The summed E-state index contributed by atoms with van der Waals surface area (Å²) in [5, 5.41) is 3.09. The molecule has 160 valence electrons. The van der Waals surface area contributed by atoms with Gasteiger partial charge in [0.25, 0.3) is 0 Å². The van der Waals surface area contributed by atoms with E-state index < -0.39 is 23.3 Å². The van der Waals surface area contributed by atoms with E-state index in [4.69, 9.17) is 16.3 Å². The Morgan fingerprint density at radius 1 is 1.06 bits per heavy atom. The highest BCUT2D eigenvalue weighted by Crippen LogP contribution is 2.48. The van der Waals surface area contributed by atoms with Crippen LogP contribution in [0.15, 0.2) is 42.5 Å². The molecule has 0 saturated carbocycles. The zero-order valence-corrected chi connectivity index (χ0v) is 18.1. The minimum Gasteiger partial charge on any atom is -0.372 e. The highest BCUT2D eigenvalue weighted by atomic mass is 35.5. The number of fused-ring (bicyclic) bond motifs is 4. The quantitative estimate of drug-likeness (QED) is 0.546. The standard InChI is InChI=1S/C24H23ClN2O4/c1-13-12-27-19-9-16(15-5-7-18(25)8-6-15)3-4-17(19)11-24(22(27)14(2)31-13)20(28)10-21(29)26-23(24)30/h3-9,13-14,22H,10-12H2,1-2H3,(H,26,29,30)/t13-,14+,22-,24-/m1/s1. The second kappa shape index (κ2) is 7.18. The van der Waals surface area contributed by atoms with E-state index in [0.717, 1.165) is 22.4 Å². The third-order valence-electron chi connectivity index (χ3n) is 6.70. The largest absolute Gasteiger partial charge is 0.372 e. The predicted molar refractivity (Wildman–Crippen MR) is 117 cm³/mol. The summed E-state index contributed by atoms with van der Waals surface area (Å²) in [4.78, 5) is 40.4. The van der Waals surface area contributed by atoms with E-state index >= 15 is 0 Å². The molecule has 31 heavy (non-hydrogen) atoms. The average molecular weight is 439 g/mol. The number of nitrogens with one attached hydrogen (secondary N) is 1. The third kappa shape index (κ3) is 3.08. The van der Waals surface area contributed by atoms with E-state index in [9.17, 15) is 14.4 Å². The molecule has 3 heterocycles. The Balaban J connectivity index is 1.66. The van der Waals surface area contributed by atoms with E-state index in [2.05, 4.69) is 16.3 Å². The molecule has 3 aliphatic heterocycles. The van der Waals surface area contributed by atoms with Gasteiger partial charge in [-0.05, 0) is 55.2 Å². The number of hydrogen-bond donors (Lipinski definition) is 1. The molecule has 2 aromatic rings. The first-order valence-corrected chi connectivity index (χ1v) is 10.9. The molecule has 7 heteroatoms. The molecule has 4 atom stereocenters. The van der Waals surface area contributed by atoms with Crippen LogP contribution < -0.4 is 10.2 Å². The molecule has 0 aliphatic carbocycles. The smallest absolute Gasteiger partial charge is 0.242 e. The Morgan fingerprint density at radius 2 is 1.77 bits per heavy atom. The zero-order chi connectivity index (χ0) is 21.9. The molecule has 0 radical (unpaired) electrons. The van der Waals surface area contributed by atoms with Crippen molar-refractivity contribution in [2.45, 2.75) is 44.9 Å². The van der Waals surface area contributed by atoms with Crippen molar-refractivity contribution in [3.05, 3.63) is 53.1 Å². The summed E-state index contributed by atoms with van der Waals surface area (Å²) in [5.74, 6) is -1.37. The number of halogens is 1. The lowest BCUT2D eigenvalue weighted by Crippen LogP contribution is -2.72. The van der Waals surface area contributed by atoms with E-state index in [1.807, 2.05) is 50.2 Å². The molecular formula is C24H23ClN2O4. The molecule has 2 amide bonds. The Morgan fingerprint density at radius 3 is 2.48 bits per heavy atom. The average Bonchev–Trinajstić information content (AvgIpc) is 2.72. The monoisotopic (exact) mass is 438 g/mol. The normalized spacial score (nSPS) is 30.1. The van der Waals surface area contributed by atoms with Gasteiger partial charge >= 0.3 is 0 Å². The minimum absolute atomic E-state index is 0.0585. The van der Waals surface area contributed by atoms with Crippen molar-refractivity contribution in [1.82, 2.24) is 5.32 Å². The molecule has 2 fully saturated rings. The van der Waals surface area contributed by atoms with Crippen molar-refractivity contribution >= 4 is 34.9 Å². The summed E-state index contributed by atoms with van der Waals surface area (Å²) in [7, 11) is 0. The van der Waals surface area contributed by atoms with Crippen molar-refractivity contribution in [2.75, 3.05) is 11.4 Å². The lowest BCUT2D eigenvalue weighted by molar-refractivity contribution is -0.158. The van der Waals surface area contributed by atoms with Crippen molar-refractivity contribution < 1.29 is 19.1 Å². The fourth-order valence-electron chi connectivity index (χ4n) is 5.44. The number of Topliss-reactive ketones (excluding diaryl/α,β-unsaturated/α-hetero) is 1. The minimum atomic E-state index is -1.33. The summed E-state index contributed by atoms with van der Waals surface area (Å²) in [6.45, 7) is 4.45. The van der Waals surface area contributed by atoms with Gasteiger partial charge in [-0.15, -0.1) is 0 Å². The number of anilines is 1. The maximum absolute atomic E-state index is 13.2. The van der Waals surface area contributed by atoms with Gasteiger partial charge < -0.3 is 9.64 Å². The molecule has 0 unspecified atom stereocenters. The lowest BCUT2D eigenvalue weighted by Gasteiger charge is -2.55. The van der Waals surface area contributed by atoms with Crippen LogP contribution in [-0.4, -0.2) is 42.4 Å². The van der Waals surface area contributed by atoms with E-state index in [-0.39, 0.29) is 30.8 Å². The molecule has 6 nitrogen and oxygen atoms in total. The number of hydrogen-bond acceptors (Lipinski definition) is 5. The summed E-state index contributed by atoms with van der Waals surface area (Å²) in [6.07, 6.45) is -0.433. The van der Waals surface area contributed by atoms with Crippen molar-refractivity contribution in [3.8, 4) is 11.1 Å². The van der Waals surface area contributed by atoms with Gasteiger partial charge in [0, 0.05) is 17.3 Å². The number of piperidine rings is 1. The van der Waals surface area contributed by atoms with Crippen LogP contribution in [-0.2, 0) is 25.5 Å². The second-order valence-electron chi connectivity index (χ2n) is 8.72. The van der Waals surface area contributed by atoms with Crippen LogP contribution in [0.5, 0.6) is 0 Å². The summed E-state index contributed by atoms with van der Waals surface area (Å²) >= 11 is 6.04. The Bertz CT molecular complexity index is 1080. The van der Waals surface area contributed by atoms with Crippen molar-refractivity contribution in [1.29, 1.82) is 0 Å². The lowest BCUT2D eigenvalue weighted by atomic mass is 9.63. The molecular weight excluding hydrogens is 416 g/mol. The molecule has 0 bridgehead atoms. The van der Waals surface area contributed by atoms with Crippen LogP contribution in [0.1, 0.15) is 25.8 Å². The number of amides is 2. The summed E-state index contributed by atoms with van der Waals surface area (Å²) < 4.78 is 6.08. The Hall–Kier alpha value is -2.70. The fraction of sp³-hybridized carbons (Fsp3) is 0.375. The Labute approximate surface area is 185 Å². The molecule has 0 aromatic heterocycles. The molecule has 2 saturated heterocycles. The molecule has 1 spiro atoms. The van der Waals surface area contributed by atoms with Crippen LogP contribution in [0.3, 0.4) is 0 Å². The van der Waals surface area contributed by atoms with Gasteiger partial charge in [0.05, 0.1) is 24.7 Å². The number of ketones is 1. The predicted octanol–water partition coefficient (Wildman–Crippen LogP) is 3.15. The number of rotatable bonds is 1.